The van der Waals surface area contributed by atoms with Crippen LogP contribution in [0.3, 0.4) is 0 Å². The highest BCUT2D eigenvalue weighted by Crippen LogP contribution is 2.22. The minimum absolute atomic E-state index is 0.0259. The number of hydrogen-bond donors (Lipinski definition) is 2. The number of aryl methyl sites for hydroxylation is 1. The minimum atomic E-state index is -0.112. The van der Waals surface area contributed by atoms with Crippen molar-refractivity contribution in [2.75, 3.05) is 31.6 Å². The molecule has 2 aliphatic rings. The molecule has 2 fully saturated rings. The molecule has 0 spiro atoms. The Morgan fingerprint density at radius 2 is 2.10 bits per heavy atom. The molecule has 8 nitrogen and oxygen atoms in total. The summed E-state index contributed by atoms with van der Waals surface area (Å²) in [4.78, 5) is 25.6. The minimum Gasteiger partial charge on any atom is -0.376 e. The van der Waals surface area contributed by atoms with Gasteiger partial charge < -0.3 is 20.1 Å². The maximum atomic E-state index is 12.4. The molecule has 0 aliphatic carbocycles. The summed E-state index contributed by atoms with van der Waals surface area (Å²) in [6.45, 7) is 4.29. The van der Waals surface area contributed by atoms with Crippen molar-refractivity contribution in [1.82, 2.24) is 20.3 Å². The molecule has 2 N–H and O–H groups in total. The number of aromatic nitrogens is 3. The molecule has 154 valence electrons. The van der Waals surface area contributed by atoms with Gasteiger partial charge in [0.05, 0.1) is 36.1 Å². The number of hydrogen-bond acceptors (Lipinski definition) is 7. The zero-order chi connectivity index (χ0) is 20.1. The van der Waals surface area contributed by atoms with Gasteiger partial charge in [0, 0.05) is 32.0 Å². The fraction of sp³-hybridized carbons (Fsp3) is 0.524. The largest absolute Gasteiger partial charge is 0.376 e. The lowest BCUT2D eigenvalue weighted by atomic mass is 10.0. The Morgan fingerprint density at radius 1 is 1.17 bits per heavy atom. The first-order valence-electron chi connectivity index (χ1n) is 10.2. The van der Waals surface area contributed by atoms with Gasteiger partial charge in [-0.1, -0.05) is 6.07 Å². The number of nitrogens with zero attached hydrogens (tertiary/aromatic N) is 3. The van der Waals surface area contributed by atoms with Crippen LogP contribution in [0.1, 0.15) is 25.1 Å². The molecule has 29 heavy (non-hydrogen) atoms. The summed E-state index contributed by atoms with van der Waals surface area (Å²) in [7, 11) is 0. The summed E-state index contributed by atoms with van der Waals surface area (Å²) < 4.78 is 11.4. The molecular weight excluding hydrogens is 370 g/mol. The molecular formula is C21H27N5O3. The Hall–Kier alpha value is -2.58. The van der Waals surface area contributed by atoms with Crippen molar-refractivity contribution in [2.24, 2.45) is 5.92 Å². The molecule has 1 unspecified atom stereocenters. The lowest BCUT2D eigenvalue weighted by Crippen LogP contribution is -2.36. The molecule has 2 saturated heterocycles. The van der Waals surface area contributed by atoms with Gasteiger partial charge in [-0.2, -0.15) is 0 Å². The van der Waals surface area contributed by atoms with Crippen LogP contribution in [-0.4, -0.2) is 59.4 Å². The van der Waals surface area contributed by atoms with Gasteiger partial charge in [-0.25, -0.2) is 9.97 Å². The van der Waals surface area contributed by atoms with Crippen LogP contribution in [0.2, 0.25) is 0 Å². The predicted octanol–water partition coefficient (Wildman–Crippen LogP) is 1.96. The van der Waals surface area contributed by atoms with Crippen molar-refractivity contribution in [3.8, 4) is 11.4 Å². The predicted molar refractivity (Wildman–Crippen MR) is 108 cm³/mol. The lowest BCUT2D eigenvalue weighted by Gasteiger charge is -2.14. The molecule has 0 saturated carbocycles. The van der Waals surface area contributed by atoms with E-state index in [4.69, 9.17) is 9.47 Å². The van der Waals surface area contributed by atoms with Crippen LogP contribution >= 0.6 is 0 Å². The Bertz CT molecular complexity index is 826. The van der Waals surface area contributed by atoms with E-state index in [1.165, 1.54) is 0 Å². The van der Waals surface area contributed by atoms with E-state index in [0.29, 0.717) is 31.9 Å². The summed E-state index contributed by atoms with van der Waals surface area (Å²) in [6.07, 6.45) is 4.67. The van der Waals surface area contributed by atoms with E-state index in [-0.39, 0.29) is 24.0 Å². The summed E-state index contributed by atoms with van der Waals surface area (Å²) >= 11 is 0. The zero-order valence-corrected chi connectivity index (χ0v) is 16.6. The van der Waals surface area contributed by atoms with Gasteiger partial charge in [-0.05, 0) is 38.3 Å². The van der Waals surface area contributed by atoms with E-state index in [9.17, 15) is 4.79 Å². The van der Waals surface area contributed by atoms with E-state index in [2.05, 4.69) is 25.6 Å². The molecule has 2 aromatic rings. The number of anilines is 1. The van der Waals surface area contributed by atoms with Crippen molar-refractivity contribution >= 4 is 11.7 Å². The highest BCUT2D eigenvalue weighted by molar-refractivity contribution is 5.79. The average Bonchev–Trinajstić information content (AvgIpc) is 3.43. The van der Waals surface area contributed by atoms with Crippen LogP contribution in [0.5, 0.6) is 0 Å². The number of amides is 1. The van der Waals surface area contributed by atoms with Crippen LogP contribution < -0.4 is 10.6 Å². The van der Waals surface area contributed by atoms with E-state index in [0.717, 1.165) is 36.7 Å². The Labute approximate surface area is 170 Å². The summed E-state index contributed by atoms with van der Waals surface area (Å²) in [5, 5.41) is 6.32. The fourth-order valence-corrected chi connectivity index (χ4v) is 3.72. The van der Waals surface area contributed by atoms with E-state index < -0.39 is 0 Å². The molecule has 3 atom stereocenters. The Balaban J connectivity index is 1.27. The maximum Gasteiger partial charge on any atom is 0.225 e. The van der Waals surface area contributed by atoms with Gasteiger partial charge in [0.2, 0.25) is 5.91 Å². The molecule has 8 heteroatoms. The van der Waals surface area contributed by atoms with Crippen LogP contribution in [0.15, 0.2) is 30.5 Å². The van der Waals surface area contributed by atoms with Crippen molar-refractivity contribution < 1.29 is 14.3 Å². The monoisotopic (exact) mass is 397 g/mol. The number of carbonyl (C=O) groups excluding carboxylic acids is 1. The van der Waals surface area contributed by atoms with Crippen LogP contribution in [-0.2, 0) is 14.3 Å². The first-order valence-corrected chi connectivity index (χ1v) is 10.2. The molecule has 2 aromatic heterocycles. The SMILES string of the molecule is Cc1nc(NC[C@@H]2C[C@H](C(=O)NCC3CCCO3)CO2)cc(-c2ccccn2)n1. The number of carbonyl (C=O) groups is 1. The summed E-state index contributed by atoms with van der Waals surface area (Å²) in [5.74, 6) is 1.35. The lowest BCUT2D eigenvalue weighted by molar-refractivity contribution is -0.125. The van der Waals surface area contributed by atoms with Crippen LogP contribution in [0.4, 0.5) is 5.82 Å². The Kier molecular flexibility index (Phi) is 6.31. The number of pyridine rings is 1. The van der Waals surface area contributed by atoms with E-state index in [1.54, 1.807) is 6.20 Å². The number of rotatable bonds is 7. The van der Waals surface area contributed by atoms with Crippen molar-refractivity contribution in [1.29, 1.82) is 0 Å². The summed E-state index contributed by atoms with van der Waals surface area (Å²) in [5.41, 5.74) is 1.58. The topological polar surface area (TPSA) is 98.3 Å². The first kappa shape index (κ1) is 19.7. The highest BCUT2D eigenvalue weighted by Gasteiger charge is 2.31. The summed E-state index contributed by atoms with van der Waals surface area (Å²) in [6, 6.07) is 7.62. The highest BCUT2D eigenvalue weighted by atomic mass is 16.5. The fourth-order valence-electron chi connectivity index (χ4n) is 3.72. The second-order valence-electron chi connectivity index (χ2n) is 7.55. The van der Waals surface area contributed by atoms with Gasteiger partial charge in [0.15, 0.2) is 0 Å². The van der Waals surface area contributed by atoms with Gasteiger partial charge in [0.25, 0.3) is 0 Å². The molecule has 4 heterocycles. The van der Waals surface area contributed by atoms with Gasteiger partial charge >= 0.3 is 0 Å². The van der Waals surface area contributed by atoms with Crippen LogP contribution in [0, 0.1) is 12.8 Å². The zero-order valence-electron chi connectivity index (χ0n) is 16.6. The molecule has 1 amide bonds. The van der Waals surface area contributed by atoms with E-state index >= 15 is 0 Å². The smallest absolute Gasteiger partial charge is 0.225 e. The molecule has 0 bridgehead atoms. The van der Waals surface area contributed by atoms with Gasteiger partial charge in [0.1, 0.15) is 11.6 Å². The molecule has 0 radical (unpaired) electrons. The third-order valence-corrected chi connectivity index (χ3v) is 5.26. The molecule has 0 aromatic carbocycles. The van der Waals surface area contributed by atoms with Gasteiger partial charge in [-0.3, -0.25) is 9.78 Å². The van der Waals surface area contributed by atoms with Crippen molar-refractivity contribution in [2.45, 2.75) is 38.4 Å². The maximum absolute atomic E-state index is 12.4. The Morgan fingerprint density at radius 3 is 2.90 bits per heavy atom. The van der Waals surface area contributed by atoms with Gasteiger partial charge in [-0.15, -0.1) is 0 Å². The van der Waals surface area contributed by atoms with Crippen molar-refractivity contribution in [3.63, 3.8) is 0 Å². The quantitative estimate of drug-likeness (QED) is 0.737. The molecule has 4 rings (SSSR count). The molecule has 2 aliphatic heterocycles. The van der Waals surface area contributed by atoms with Crippen molar-refractivity contribution in [3.05, 3.63) is 36.3 Å². The first-order chi connectivity index (χ1) is 14.2. The third kappa shape index (κ3) is 5.27. The normalized spacial score (nSPS) is 23.8. The van der Waals surface area contributed by atoms with Crippen LogP contribution in [0.25, 0.3) is 11.4 Å². The second kappa shape index (κ2) is 9.28. The number of nitrogens with one attached hydrogen (secondary N) is 2. The second-order valence-corrected chi connectivity index (χ2v) is 7.55. The average molecular weight is 397 g/mol. The third-order valence-electron chi connectivity index (χ3n) is 5.26. The van der Waals surface area contributed by atoms with E-state index in [1.807, 2.05) is 31.2 Å². The standard InChI is InChI=1S/C21H27N5O3/c1-14-25-19(18-6-2-3-7-22-18)10-20(26-14)23-12-17-9-15(13-29-17)21(27)24-11-16-5-4-8-28-16/h2-3,6-7,10,15-17H,4-5,8-9,11-13H2,1H3,(H,24,27)(H,23,25,26)/t15-,16?,17-/m0/s1. The number of ether oxygens (including phenoxy) is 2.